The zero-order valence-corrected chi connectivity index (χ0v) is 5.42. The standard InChI is InChI=1S/C4H6O.C2H4O2/c5-4-2-1-3-4;1-4-2-3/h1-3H2;2H,1H3. The molecule has 3 nitrogen and oxygen atoms in total. The van der Waals surface area contributed by atoms with Gasteiger partial charge in [-0.15, -0.1) is 0 Å². The lowest BCUT2D eigenvalue weighted by Crippen LogP contribution is -2.07. The van der Waals surface area contributed by atoms with Crippen molar-refractivity contribution in [2.45, 2.75) is 19.3 Å². The summed E-state index contributed by atoms with van der Waals surface area (Å²) in [5.41, 5.74) is 0. The van der Waals surface area contributed by atoms with Crippen LogP contribution >= 0.6 is 0 Å². The van der Waals surface area contributed by atoms with Crippen LogP contribution in [0.1, 0.15) is 19.3 Å². The van der Waals surface area contributed by atoms with Crippen LogP contribution in [0, 0.1) is 0 Å². The van der Waals surface area contributed by atoms with Gasteiger partial charge in [0.15, 0.2) is 0 Å². The molecule has 0 atom stereocenters. The summed E-state index contributed by atoms with van der Waals surface area (Å²) in [7, 11) is 1.31. The van der Waals surface area contributed by atoms with Gasteiger partial charge in [-0.1, -0.05) is 0 Å². The van der Waals surface area contributed by atoms with Crippen molar-refractivity contribution in [3.05, 3.63) is 0 Å². The molecule has 1 rings (SSSR count). The van der Waals surface area contributed by atoms with E-state index in [1.54, 1.807) is 0 Å². The summed E-state index contributed by atoms with van der Waals surface area (Å²) in [6.07, 6.45) is 2.83. The molecule has 0 aromatic rings. The Morgan fingerprint density at radius 2 is 1.89 bits per heavy atom. The van der Waals surface area contributed by atoms with Crippen LogP contribution in [-0.2, 0) is 14.3 Å². The van der Waals surface area contributed by atoms with Gasteiger partial charge < -0.3 is 4.74 Å². The van der Waals surface area contributed by atoms with E-state index < -0.39 is 0 Å². The molecule has 0 N–H and O–H groups in total. The Labute approximate surface area is 54.0 Å². The van der Waals surface area contributed by atoms with Crippen molar-refractivity contribution in [2.24, 2.45) is 0 Å². The van der Waals surface area contributed by atoms with Gasteiger partial charge in [-0.25, -0.2) is 0 Å². The molecule has 1 saturated carbocycles. The van der Waals surface area contributed by atoms with Gasteiger partial charge in [0.1, 0.15) is 5.78 Å². The van der Waals surface area contributed by atoms with E-state index in [1.165, 1.54) is 7.11 Å². The summed E-state index contributed by atoms with van der Waals surface area (Å²) in [4.78, 5) is 18.9. The molecule has 0 radical (unpaired) electrons. The van der Waals surface area contributed by atoms with Gasteiger partial charge >= 0.3 is 0 Å². The first kappa shape index (κ1) is 8.14. The second-order valence-corrected chi connectivity index (χ2v) is 1.72. The summed E-state index contributed by atoms with van der Waals surface area (Å²) in [6, 6.07) is 0. The maximum atomic E-state index is 9.90. The molecule has 0 aliphatic heterocycles. The number of rotatable bonds is 1. The first-order valence-corrected chi connectivity index (χ1v) is 2.79. The van der Waals surface area contributed by atoms with Crippen LogP contribution in [0.3, 0.4) is 0 Å². The quantitative estimate of drug-likeness (QED) is 0.486. The zero-order valence-electron chi connectivity index (χ0n) is 5.42. The van der Waals surface area contributed by atoms with E-state index in [0.717, 1.165) is 19.3 Å². The maximum absolute atomic E-state index is 9.90. The number of carbonyl (C=O) groups is 2. The normalized spacial score (nSPS) is 14.6. The SMILES string of the molecule is COC=O.O=C1CCC1. The Morgan fingerprint density at radius 3 is 1.89 bits per heavy atom. The average Bonchev–Trinajstić information content (AvgIpc) is 1.84. The fraction of sp³-hybridized carbons (Fsp3) is 0.667. The van der Waals surface area contributed by atoms with Crippen molar-refractivity contribution in [3.63, 3.8) is 0 Å². The largest absolute Gasteiger partial charge is 0.471 e. The molecule has 0 unspecified atom stereocenters. The van der Waals surface area contributed by atoms with Gasteiger partial charge in [0.05, 0.1) is 7.11 Å². The van der Waals surface area contributed by atoms with Gasteiger partial charge in [-0.3, -0.25) is 9.59 Å². The van der Waals surface area contributed by atoms with E-state index in [4.69, 9.17) is 4.79 Å². The lowest BCUT2D eigenvalue weighted by Gasteiger charge is -2.05. The van der Waals surface area contributed by atoms with E-state index in [9.17, 15) is 4.79 Å². The molecule has 1 aliphatic rings. The fourth-order valence-electron chi connectivity index (χ4n) is 0.321. The average molecular weight is 130 g/mol. The van der Waals surface area contributed by atoms with Crippen LogP contribution in [-0.4, -0.2) is 19.4 Å². The number of hydrogen-bond acceptors (Lipinski definition) is 3. The molecular weight excluding hydrogens is 120 g/mol. The molecule has 9 heavy (non-hydrogen) atoms. The Balaban J connectivity index is 0.000000148. The number of methoxy groups -OCH3 is 1. The van der Waals surface area contributed by atoms with Gasteiger partial charge in [-0.2, -0.15) is 0 Å². The van der Waals surface area contributed by atoms with E-state index in [1.807, 2.05) is 0 Å². The Morgan fingerprint density at radius 1 is 1.56 bits per heavy atom. The van der Waals surface area contributed by atoms with Crippen molar-refractivity contribution in [1.29, 1.82) is 0 Å². The summed E-state index contributed by atoms with van der Waals surface area (Å²) >= 11 is 0. The summed E-state index contributed by atoms with van der Waals surface area (Å²) in [5, 5.41) is 0. The first-order valence-electron chi connectivity index (χ1n) is 2.79. The third kappa shape index (κ3) is 5.00. The molecule has 1 aliphatic carbocycles. The highest BCUT2D eigenvalue weighted by molar-refractivity contribution is 5.83. The van der Waals surface area contributed by atoms with Crippen molar-refractivity contribution < 1.29 is 14.3 Å². The summed E-state index contributed by atoms with van der Waals surface area (Å²) < 4.78 is 3.86. The molecule has 0 heterocycles. The minimum atomic E-state index is 0.375. The van der Waals surface area contributed by atoms with E-state index in [0.29, 0.717) is 12.3 Å². The van der Waals surface area contributed by atoms with Crippen molar-refractivity contribution in [1.82, 2.24) is 0 Å². The predicted octanol–water partition coefficient (Wildman–Crippen LogP) is 0.529. The molecule has 0 saturated heterocycles. The molecule has 0 aromatic heterocycles. The first-order chi connectivity index (χ1) is 4.31. The minimum absolute atomic E-state index is 0.375. The third-order valence-corrected chi connectivity index (χ3v) is 1.01. The summed E-state index contributed by atoms with van der Waals surface area (Å²) in [5.74, 6) is 0.435. The van der Waals surface area contributed by atoms with Crippen molar-refractivity contribution >= 4 is 12.3 Å². The molecule has 0 aromatic carbocycles. The Bertz CT molecular complexity index is 92.5. The Kier molecular flexibility index (Phi) is 4.78. The lowest BCUT2D eigenvalue weighted by molar-refractivity contribution is -0.126. The monoisotopic (exact) mass is 130 g/mol. The van der Waals surface area contributed by atoms with Crippen LogP contribution in [0.2, 0.25) is 0 Å². The van der Waals surface area contributed by atoms with Crippen molar-refractivity contribution in [3.8, 4) is 0 Å². The predicted molar refractivity (Wildman–Crippen MR) is 31.9 cm³/mol. The molecule has 0 amide bonds. The smallest absolute Gasteiger partial charge is 0.292 e. The zero-order chi connectivity index (χ0) is 7.11. The lowest BCUT2D eigenvalue weighted by atomic mass is 9.99. The van der Waals surface area contributed by atoms with Crippen LogP contribution in [0.5, 0.6) is 0 Å². The molecular formula is C6H10O3. The second kappa shape index (κ2) is 5.28. The minimum Gasteiger partial charge on any atom is -0.471 e. The number of Topliss-reactive ketones (excluding diaryl/α,β-unsaturated/α-hetero) is 1. The van der Waals surface area contributed by atoms with Gasteiger partial charge in [0.25, 0.3) is 6.47 Å². The molecule has 0 bridgehead atoms. The molecule has 0 spiro atoms. The maximum Gasteiger partial charge on any atom is 0.292 e. The topological polar surface area (TPSA) is 43.4 Å². The van der Waals surface area contributed by atoms with Gasteiger partial charge in [-0.05, 0) is 6.42 Å². The van der Waals surface area contributed by atoms with Gasteiger partial charge in [0, 0.05) is 12.8 Å². The van der Waals surface area contributed by atoms with Crippen LogP contribution in [0.4, 0.5) is 0 Å². The highest BCUT2D eigenvalue weighted by atomic mass is 16.5. The van der Waals surface area contributed by atoms with Crippen molar-refractivity contribution in [2.75, 3.05) is 7.11 Å². The second-order valence-electron chi connectivity index (χ2n) is 1.72. The van der Waals surface area contributed by atoms with E-state index in [2.05, 4.69) is 4.74 Å². The van der Waals surface area contributed by atoms with Gasteiger partial charge in [0.2, 0.25) is 0 Å². The third-order valence-electron chi connectivity index (χ3n) is 1.01. The van der Waals surface area contributed by atoms with Crippen LogP contribution in [0.15, 0.2) is 0 Å². The van der Waals surface area contributed by atoms with E-state index in [-0.39, 0.29) is 0 Å². The number of ether oxygens (including phenoxy) is 1. The molecule has 3 heteroatoms. The molecule has 52 valence electrons. The van der Waals surface area contributed by atoms with Crippen LogP contribution in [0.25, 0.3) is 0 Å². The number of hydrogen-bond donors (Lipinski definition) is 0. The van der Waals surface area contributed by atoms with Crippen LogP contribution < -0.4 is 0 Å². The van der Waals surface area contributed by atoms with E-state index >= 15 is 0 Å². The highest BCUT2D eigenvalue weighted by Gasteiger charge is 2.09. The summed E-state index contributed by atoms with van der Waals surface area (Å²) in [6.45, 7) is 0.375. The number of carbonyl (C=O) groups excluding carboxylic acids is 2. The highest BCUT2D eigenvalue weighted by Crippen LogP contribution is 2.10. The molecule has 1 fully saturated rings. The Hall–Kier alpha value is -0.860. The fourth-order valence-corrected chi connectivity index (χ4v) is 0.321. The number of ketones is 1.